The number of amides is 3. The van der Waals surface area contributed by atoms with E-state index in [4.69, 9.17) is 4.74 Å². The zero-order chi connectivity index (χ0) is 26.8. The molecule has 4 rings (SSSR count). The number of hydrogen-bond donors (Lipinski definition) is 0. The van der Waals surface area contributed by atoms with Gasteiger partial charge < -0.3 is 19.3 Å². The summed E-state index contributed by atoms with van der Waals surface area (Å²) in [6, 6.07) is 13.1. The Labute approximate surface area is 216 Å². The zero-order valence-electron chi connectivity index (χ0n) is 21.8. The predicted octanol–water partition coefficient (Wildman–Crippen LogP) is 5.07. The molecule has 2 saturated heterocycles. The Bertz CT molecular complexity index is 1150. The fourth-order valence-corrected chi connectivity index (χ4v) is 4.85. The quantitative estimate of drug-likeness (QED) is 0.536. The monoisotopic (exact) mass is 511 g/mol. The van der Waals surface area contributed by atoms with Crippen molar-refractivity contribution in [2.24, 2.45) is 5.41 Å². The maximum absolute atomic E-state index is 14.9. The van der Waals surface area contributed by atoms with Gasteiger partial charge in [-0.15, -0.1) is 0 Å². The highest BCUT2D eigenvalue weighted by Crippen LogP contribution is 2.41. The minimum Gasteiger partial charge on any atom is -0.465 e. The topological polar surface area (TPSA) is 79.4 Å². The molecule has 1 spiro atoms. The molecule has 0 radical (unpaired) electrons. The lowest BCUT2D eigenvalue weighted by Crippen LogP contribution is -2.63. The molecule has 0 bridgehead atoms. The molecule has 2 aromatic rings. The van der Waals surface area contributed by atoms with Crippen molar-refractivity contribution >= 4 is 23.8 Å². The second-order valence-corrected chi connectivity index (χ2v) is 10.8. The third-order valence-electron chi connectivity index (χ3n) is 6.90. The molecule has 198 valence electrons. The summed E-state index contributed by atoms with van der Waals surface area (Å²) >= 11 is 0. The van der Waals surface area contributed by atoms with E-state index in [1.807, 2.05) is 51.1 Å². The molecule has 0 atom stereocenters. The first-order chi connectivity index (χ1) is 17.5. The molecule has 2 aliphatic heterocycles. The average Bonchev–Trinajstić information content (AvgIpc) is 2.85. The van der Waals surface area contributed by atoms with E-state index in [0.29, 0.717) is 37.4 Å². The summed E-state index contributed by atoms with van der Waals surface area (Å²) in [4.78, 5) is 42.8. The first kappa shape index (κ1) is 26.4. The lowest BCUT2D eigenvalue weighted by atomic mass is 9.72. The summed E-state index contributed by atoms with van der Waals surface area (Å²) in [7, 11) is 1.24. The molecule has 0 unspecified atom stereocenters. The third-order valence-corrected chi connectivity index (χ3v) is 6.90. The third kappa shape index (κ3) is 6.03. The number of carbonyl (C=O) groups excluding carboxylic acids is 3. The van der Waals surface area contributed by atoms with Crippen LogP contribution < -0.4 is 4.90 Å². The van der Waals surface area contributed by atoms with Crippen LogP contribution in [-0.2, 0) is 16.0 Å². The standard InChI is InChI=1S/C28H34FN3O5/c1-27(2,3)37-26(35)31-18-28(19-31)12-14-30(15-13-28)25(34)32(22-8-6-5-7-9-22)17-21-11-10-20(16-23(21)29)24(33)36-4/h5-11,16H,12-15,17-19H2,1-4H3. The Morgan fingerprint density at radius 1 is 1.00 bits per heavy atom. The normalized spacial score (nSPS) is 16.7. The zero-order valence-corrected chi connectivity index (χ0v) is 21.8. The summed E-state index contributed by atoms with van der Waals surface area (Å²) in [6.45, 7) is 7.92. The fraction of sp³-hybridized carbons (Fsp3) is 0.464. The summed E-state index contributed by atoms with van der Waals surface area (Å²) in [5, 5.41) is 0. The number of piperidine rings is 1. The Hall–Kier alpha value is -3.62. The van der Waals surface area contributed by atoms with Gasteiger partial charge in [0.25, 0.3) is 0 Å². The van der Waals surface area contributed by atoms with Crippen LogP contribution in [0.5, 0.6) is 0 Å². The van der Waals surface area contributed by atoms with Gasteiger partial charge in [-0.05, 0) is 57.9 Å². The van der Waals surface area contributed by atoms with Crippen LogP contribution in [-0.4, -0.2) is 66.8 Å². The molecule has 37 heavy (non-hydrogen) atoms. The summed E-state index contributed by atoms with van der Waals surface area (Å²) in [5.41, 5.74) is 0.536. The highest BCUT2D eigenvalue weighted by Gasteiger charge is 2.48. The van der Waals surface area contributed by atoms with Crippen LogP contribution in [0.3, 0.4) is 0 Å². The Kier molecular flexibility index (Phi) is 7.43. The number of para-hydroxylation sites is 1. The number of urea groups is 1. The molecular weight excluding hydrogens is 477 g/mol. The van der Waals surface area contributed by atoms with Gasteiger partial charge >= 0.3 is 18.1 Å². The number of nitrogens with zero attached hydrogens (tertiary/aromatic N) is 3. The van der Waals surface area contributed by atoms with Crippen LogP contribution >= 0.6 is 0 Å². The molecule has 2 aromatic carbocycles. The SMILES string of the molecule is COC(=O)c1ccc(CN(C(=O)N2CCC3(CC2)CN(C(=O)OC(C)(C)C)C3)c2ccccc2)c(F)c1. The van der Waals surface area contributed by atoms with Gasteiger partial charge in [-0.25, -0.2) is 18.8 Å². The van der Waals surface area contributed by atoms with Crippen LogP contribution in [0.4, 0.5) is 19.7 Å². The lowest BCUT2D eigenvalue weighted by molar-refractivity contribution is -0.0548. The van der Waals surface area contributed by atoms with Crippen LogP contribution in [0.2, 0.25) is 0 Å². The molecule has 0 aromatic heterocycles. The Morgan fingerprint density at radius 3 is 2.22 bits per heavy atom. The van der Waals surface area contributed by atoms with E-state index in [0.717, 1.165) is 18.9 Å². The number of ether oxygens (including phenoxy) is 2. The summed E-state index contributed by atoms with van der Waals surface area (Å²) in [6.07, 6.45) is 1.26. The second-order valence-electron chi connectivity index (χ2n) is 10.8. The van der Waals surface area contributed by atoms with Gasteiger partial charge in [0, 0.05) is 42.8 Å². The van der Waals surface area contributed by atoms with Gasteiger partial charge in [0.2, 0.25) is 0 Å². The van der Waals surface area contributed by atoms with Crippen LogP contribution in [0.1, 0.15) is 49.5 Å². The van der Waals surface area contributed by atoms with E-state index in [9.17, 15) is 18.8 Å². The smallest absolute Gasteiger partial charge is 0.410 e. The van der Waals surface area contributed by atoms with Gasteiger partial charge in [0.15, 0.2) is 0 Å². The van der Waals surface area contributed by atoms with Crippen molar-refractivity contribution < 1.29 is 28.2 Å². The molecule has 0 saturated carbocycles. The van der Waals surface area contributed by atoms with Gasteiger partial charge in [-0.2, -0.15) is 0 Å². The summed E-state index contributed by atoms with van der Waals surface area (Å²) in [5.74, 6) is -1.20. The Balaban J connectivity index is 1.43. The molecule has 3 amide bonds. The number of halogens is 1. The number of esters is 1. The second kappa shape index (κ2) is 10.4. The van der Waals surface area contributed by atoms with E-state index in [1.54, 1.807) is 14.7 Å². The van der Waals surface area contributed by atoms with Gasteiger partial charge in [-0.1, -0.05) is 24.3 Å². The maximum atomic E-state index is 14.9. The van der Waals surface area contributed by atoms with E-state index in [2.05, 4.69) is 4.74 Å². The molecule has 0 aliphatic carbocycles. The molecule has 2 fully saturated rings. The minimum absolute atomic E-state index is 0.00108. The van der Waals surface area contributed by atoms with E-state index in [1.165, 1.54) is 19.2 Å². The largest absolute Gasteiger partial charge is 0.465 e. The van der Waals surface area contributed by atoms with Gasteiger partial charge in [0.1, 0.15) is 11.4 Å². The predicted molar refractivity (Wildman–Crippen MR) is 137 cm³/mol. The number of benzene rings is 2. The number of hydrogen-bond acceptors (Lipinski definition) is 5. The number of methoxy groups -OCH3 is 1. The number of rotatable bonds is 4. The lowest BCUT2D eigenvalue weighted by Gasteiger charge is -2.53. The first-order valence-corrected chi connectivity index (χ1v) is 12.5. The molecule has 0 N–H and O–H groups in total. The van der Waals surface area contributed by atoms with Gasteiger partial charge in [-0.3, -0.25) is 4.90 Å². The van der Waals surface area contributed by atoms with E-state index >= 15 is 0 Å². The molecule has 9 heteroatoms. The molecule has 2 aliphatic rings. The van der Waals surface area contributed by atoms with Crippen LogP contribution in [0, 0.1) is 11.2 Å². The van der Waals surface area contributed by atoms with Crippen molar-refractivity contribution in [1.29, 1.82) is 0 Å². The van der Waals surface area contributed by atoms with Crippen molar-refractivity contribution in [1.82, 2.24) is 9.80 Å². The van der Waals surface area contributed by atoms with Gasteiger partial charge in [0.05, 0.1) is 19.2 Å². The molecule has 2 heterocycles. The first-order valence-electron chi connectivity index (χ1n) is 12.5. The van der Waals surface area contributed by atoms with Crippen molar-refractivity contribution in [2.75, 3.05) is 38.2 Å². The molecule has 8 nitrogen and oxygen atoms in total. The number of carbonyl (C=O) groups is 3. The van der Waals surface area contributed by atoms with Crippen molar-refractivity contribution in [3.05, 3.63) is 65.5 Å². The van der Waals surface area contributed by atoms with Crippen molar-refractivity contribution in [2.45, 2.75) is 45.8 Å². The highest BCUT2D eigenvalue weighted by atomic mass is 19.1. The van der Waals surface area contributed by atoms with Crippen LogP contribution in [0.25, 0.3) is 0 Å². The van der Waals surface area contributed by atoms with Crippen molar-refractivity contribution in [3.8, 4) is 0 Å². The maximum Gasteiger partial charge on any atom is 0.410 e. The average molecular weight is 512 g/mol. The molecular formula is C28H34FN3O5. The van der Waals surface area contributed by atoms with E-state index in [-0.39, 0.29) is 29.6 Å². The van der Waals surface area contributed by atoms with E-state index < -0.39 is 17.4 Å². The highest BCUT2D eigenvalue weighted by molar-refractivity contribution is 5.92. The minimum atomic E-state index is -0.620. The number of likely N-dealkylation sites (tertiary alicyclic amines) is 2. The number of anilines is 1. The summed E-state index contributed by atoms with van der Waals surface area (Å²) < 4.78 is 25.0. The van der Waals surface area contributed by atoms with Crippen molar-refractivity contribution in [3.63, 3.8) is 0 Å². The fourth-order valence-electron chi connectivity index (χ4n) is 4.85. The van der Waals surface area contributed by atoms with Crippen LogP contribution in [0.15, 0.2) is 48.5 Å². The Morgan fingerprint density at radius 2 is 1.65 bits per heavy atom.